The number of anilines is 1. The molecule has 1 fully saturated rings. The molecule has 1 aliphatic heterocycles. The van der Waals surface area contributed by atoms with Gasteiger partial charge in [0.1, 0.15) is 0 Å². The lowest BCUT2D eigenvalue weighted by molar-refractivity contribution is -0.213. The van der Waals surface area contributed by atoms with Gasteiger partial charge in [0.05, 0.1) is 0 Å². The summed E-state index contributed by atoms with van der Waals surface area (Å²) in [6, 6.07) is 6.94. The van der Waals surface area contributed by atoms with E-state index < -0.39 is 17.5 Å². The Morgan fingerprint density at radius 3 is 2.62 bits per heavy atom. The van der Waals surface area contributed by atoms with Crippen molar-refractivity contribution < 1.29 is 18.0 Å². The zero-order valence-electron chi connectivity index (χ0n) is 12.1. The standard InChI is InChI=1S/C15H19F3N2O/c1-10(2)11-4-3-5-12(8-11)20-13(21)14(15(16,17)18)6-7-19-9-14/h3-5,8,10,19H,6-7,9H2,1-2H3,(H,20,21). The van der Waals surface area contributed by atoms with Crippen molar-refractivity contribution in [1.82, 2.24) is 5.32 Å². The maximum absolute atomic E-state index is 13.3. The second-order valence-electron chi connectivity index (χ2n) is 5.74. The molecular weight excluding hydrogens is 281 g/mol. The van der Waals surface area contributed by atoms with Crippen molar-refractivity contribution >= 4 is 11.6 Å². The molecule has 2 N–H and O–H groups in total. The average molecular weight is 300 g/mol. The van der Waals surface area contributed by atoms with E-state index in [1.165, 1.54) is 0 Å². The molecule has 0 radical (unpaired) electrons. The Labute approximate surface area is 121 Å². The van der Waals surface area contributed by atoms with Crippen molar-refractivity contribution in [3.63, 3.8) is 0 Å². The fraction of sp³-hybridized carbons (Fsp3) is 0.533. The van der Waals surface area contributed by atoms with Gasteiger partial charge in [-0.3, -0.25) is 4.79 Å². The predicted molar refractivity (Wildman–Crippen MR) is 75.1 cm³/mol. The molecule has 0 saturated carbocycles. The average Bonchev–Trinajstić information content (AvgIpc) is 2.89. The van der Waals surface area contributed by atoms with E-state index in [4.69, 9.17) is 0 Å². The third-order valence-electron chi connectivity index (χ3n) is 3.94. The van der Waals surface area contributed by atoms with Crippen LogP contribution in [-0.2, 0) is 4.79 Å². The number of nitrogens with one attached hydrogen (secondary N) is 2. The molecule has 21 heavy (non-hydrogen) atoms. The zero-order chi connectivity index (χ0) is 15.7. The van der Waals surface area contributed by atoms with Crippen molar-refractivity contribution in [2.24, 2.45) is 5.41 Å². The molecule has 2 rings (SSSR count). The highest BCUT2D eigenvalue weighted by Gasteiger charge is 2.61. The molecule has 116 valence electrons. The number of hydrogen-bond acceptors (Lipinski definition) is 2. The van der Waals surface area contributed by atoms with Crippen molar-refractivity contribution in [3.05, 3.63) is 29.8 Å². The van der Waals surface area contributed by atoms with Gasteiger partial charge in [-0.1, -0.05) is 26.0 Å². The first-order valence-electron chi connectivity index (χ1n) is 6.95. The molecule has 1 unspecified atom stereocenters. The molecule has 3 nitrogen and oxygen atoms in total. The molecule has 0 spiro atoms. The van der Waals surface area contributed by atoms with E-state index in [1.54, 1.807) is 18.2 Å². The Kier molecular flexibility index (Phi) is 4.27. The third kappa shape index (κ3) is 3.05. The van der Waals surface area contributed by atoms with Crippen LogP contribution in [0.1, 0.15) is 31.7 Å². The van der Waals surface area contributed by atoms with Crippen LogP contribution in [0.2, 0.25) is 0 Å². The van der Waals surface area contributed by atoms with Crippen LogP contribution in [0.5, 0.6) is 0 Å². The maximum atomic E-state index is 13.3. The lowest BCUT2D eigenvalue weighted by atomic mass is 9.85. The summed E-state index contributed by atoms with van der Waals surface area (Å²) in [5, 5.41) is 5.06. The molecule has 1 aliphatic rings. The van der Waals surface area contributed by atoms with E-state index in [0.29, 0.717) is 5.69 Å². The lowest BCUT2D eigenvalue weighted by Crippen LogP contribution is -2.49. The number of benzene rings is 1. The Morgan fingerprint density at radius 1 is 1.38 bits per heavy atom. The fourth-order valence-electron chi connectivity index (χ4n) is 2.48. The minimum Gasteiger partial charge on any atom is -0.325 e. The number of carbonyl (C=O) groups excluding carboxylic acids is 1. The van der Waals surface area contributed by atoms with Gasteiger partial charge in [0.2, 0.25) is 5.91 Å². The van der Waals surface area contributed by atoms with Crippen molar-refractivity contribution in [2.45, 2.75) is 32.4 Å². The zero-order valence-corrected chi connectivity index (χ0v) is 12.1. The first kappa shape index (κ1) is 15.8. The fourth-order valence-corrected chi connectivity index (χ4v) is 2.48. The number of halogens is 3. The molecule has 1 aromatic carbocycles. The molecule has 1 saturated heterocycles. The Balaban J connectivity index is 2.22. The summed E-state index contributed by atoms with van der Waals surface area (Å²) in [5.74, 6) is -0.743. The van der Waals surface area contributed by atoms with Crippen molar-refractivity contribution in [1.29, 1.82) is 0 Å². The highest BCUT2D eigenvalue weighted by molar-refractivity contribution is 5.96. The molecule has 0 bridgehead atoms. The number of amides is 1. The van der Waals surface area contributed by atoms with Crippen LogP contribution >= 0.6 is 0 Å². The third-order valence-corrected chi connectivity index (χ3v) is 3.94. The summed E-state index contributed by atoms with van der Waals surface area (Å²) in [6.45, 7) is 3.79. The van der Waals surface area contributed by atoms with Gasteiger partial charge in [-0.2, -0.15) is 13.2 Å². The van der Waals surface area contributed by atoms with Crippen LogP contribution in [0.4, 0.5) is 18.9 Å². The lowest BCUT2D eigenvalue weighted by Gasteiger charge is -2.29. The summed E-state index contributed by atoms with van der Waals surface area (Å²) < 4.78 is 39.8. The van der Waals surface area contributed by atoms with E-state index in [0.717, 1.165) is 5.56 Å². The number of carbonyl (C=O) groups is 1. The quantitative estimate of drug-likeness (QED) is 0.899. The smallest absolute Gasteiger partial charge is 0.325 e. The van der Waals surface area contributed by atoms with E-state index in [9.17, 15) is 18.0 Å². The molecule has 0 aromatic heterocycles. The van der Waals surface area contributed by atoms with Crippen LogP contribution in [0.3, 0.4) is 0 Å². The predicted octanol–water partition coefficient (Wildman–Crippen LogP) is 3.29. The highest BCUT2D eigenvalue weighted by Crippen LogP contribution is 2.43. The SMILES string of the molecule is CC(C)c1cccc(NC(=O)C2(C(F)(F)F)CCNC2)c1. The van der Waals surface area contributed by atoms with Gasteiger partial charge in [0, 0.05) is 12.2 Å². The summed E-state index contributed by atoms with van der Waals surface area (Å²) in [5.41, 5.74) is -0.957. The van der Waals surface area contributed by atoms with Gasteiger partial charge in [-0.25, -0.2) is 0 Å². The number of alkyl halides is 3. The minimum absolute atomic E-state index is 0.193. The van der Waals surface area contributed by atoms with Crippen LogP contribution in [0.15, 0.2) is 24.3 Å². The van der Waals surface area contributed by atoms with Gasteiger partial charge in [-0.15, -0.1) is 0 Å². The maximum Gasteiger partial charge on any atom is 0.404 e. The topological polar surface area (TPSA) is 41.1 Å². The van der Waals surface area contributed by atoms with Crippen LogP contribution in [-0.4, -0.2) is 25.2 Å². The Hall–Kier alpha value is -1.56. The molecular formula is C15H19F3N2O. The molecule has 1 atom stereocenters. The summed E-state index contributed by atoms with van der Waals surface area (Å²) in [6.07, 6.45) is -4.79. The van der Waals surface area contributed by atoms with Crippen LogP contribution in [0.25, 0.3) is 0 Å². The Morgan fingerprint density at radius 2 is 2.10 bits per heavy atom. The summed E-state index contributed by atoms with van der Waals surface area (Å²) in [4.78, 5) is 12.2. The van der Waals surface area contributed by atoms with Crippen LogP contribution < -0.4 is 10.6 Å². The van der Waals surface area contributed by atoms with Gasteiger partial charge in [0.15, 0.2) is 5.41 Å². The van der Waals surface area contributed by atoms with E-state index in [1.807, 2.05) is 19.9 Å². The molecule has 1 aromatic rings. The van der Waals surface area contributed by atoms with Gasteiger partial charge >= 0.3 is 6.18 Å². The monoisotopic (exact) mass is 300 g/mol. The van der Waals surface area contributed by atoms with Gasteiger partial charge < -0.3 is 10.6 Å². The number of rotatable bonds is 3. The van der Waals surface area contributed by atoms with Gasteiger partial charge in [0.25, 0.3) is 0 Å². The molecule has 6 heteroatoms. The first-order valence-corrected chi connectivity index (χ1v) is 6.95. The minimum atomic E-state index is -4.56. The van der Waals surface area contributed by atoms with E-state index >= 15 is 0 Å². The molecule has 1 amide bonds. The van der Waals surface area contributed by atoms with E-state index in [-0.39, 0.29) is 25.4 Å². The summed E-state index contributed by atoms with van der Waals surface area (Å²) >= 11 is 0. The van der Waals surface area contributed by atoms with Crippen molar-refractivity contribution in [2.75, 3.05) is 18.4 Å². The van der Waals surface area contributed by atoms with Crippen LogP contribution in [0, 0.1) is 5.41 Å². The molecule has 0 aliphatic carbocycles. The van der Waals surface area contributed by atoms with E-state index in [2.05, 4.69) is 10.6 Å². The normalized spacial score (nSPS) is 22.6. The highest BCUT2D eigenvalue weighted by atomic mass is 19.4. The second kappa shape index (κ2) is 5.67. The summed E-state index contributed by atoms with van der Waals surface area (Å²) in [7, 11) is 0. The Bertz CT molecular complexity index is 520. The van der Waals surface area contributed by atoms with Gasteiger partial charge in [-0.05, 0) is 36.6 Å². The largest absolute Gasteiger partial charge is 0.404 e. The number of hydrogen-bond donors (Lipinski definition) is 2. The first-order chi connectivity index (χ1) is 9.76. The van der Waals surface area contributed by atoms with Crippen molar-refractivity contribution in [3.8, 4) is 0 Å². The second-order valence-corrected chi connectivity index (χ2v) is 5.74. The molecule has 1 heterocycles.